The van der Waals surface area contributed by atoms with Gasteiger partial charge in [-0.15, -0.1) is 0 Å². The summed E-state index contributed by atoms with van der Waals surface area (Å²) in [5, 5.41) is 3.57. The molecule has 1 aromatic carbocycles. The molecule has 19 heavy (non-hydrogen) atoms. The number of oxazole rings is 1. The number of benzene rings is 1. The molecule has 0 radical (unpaired) electrons. The van der Waals surface area contributed by atoms with Crippen LogP contribution < -0.4 is 5.32 Å². The first-order valence-electron chi connectivity index (χ1n) is 7.07. The van der Waals surface area contributed by atoms with Gasteiger partial charge < -0.3 is 9.73 Å². The summed E-state index contributed by atoms with van der Waals surface area (Å²) in [7, 11) is 0. The Bertz CT molecular complexity index is 500. The Labute approximate surface area is 114 Å². The molecule has 0 aliphatic heterocycles. The Morgan fingerprint density at radius 2 is 2.11 bits per heavy atom. The molecule has 2 aromatic rings. The van der Waals surface area contributed by atoms with E-state index in [1.807, 2.05) is 0 Å². The second-order valence-corrected chi connectivity index (χ2v) is 5.52. The quantitative estimate of drug-likeness (QED) is 0.865. The normalized spacial score (nSPS) is 16.9. The van der Waals surface area contributed by atoms with E-state index in [-0.39, 0.29) is 0 Å². The average molecular weight is 256 g/mol. The highest BCUT2D eigenvalue weighted by Crippen LogP contribution is 2.31. The van der Waals surface area contributed by atoms with Crippen molar-refractivity contribution in [2.45, 2.75) is 38.6 Å². The number of nitrogens with zero attached hydrogens (tertiary/aromatic N) is 1. The second-order valence-electron chi connectivity index (χ2n) is 5.52. The maximum absolute atomic E-state index is 5.28. The van der Waals surface area contributed by atoms with E-state index in [9.17, 15) is 0 Å². The van der Waals surface area contributed by atoms with Crippen molar-refractivity contribution in [2.75, 3.05) is 5.32 Å². The third kappa shape index (κ3) is 2.98. The first-order chi connectivity index (χ1) is 9.31. The van der Waals surface area contributed by atoms with Gasteiger partial charge in [0.1, 0.15) is 0 Å². The summed E-state index contributed by atoms with van der Waals surface area (Å²) in [5.41, 5.74) is 2.24. The van der Waals surface area contributed by atoms with Gasteiger partial charge in [-0.3, -0.25) is 0 Å². The lowest BCUT2D eigenvalue weighted by atomic mass is 9.81. The molecule has 0 saturated heterocycles. The standard InChI is InChI=1S/C16H20N2O/c1-12(9-13-3-2-4-13)18-15-7-5-14(6-8-15)16-10-17-11-19-16/h5-8,10-13,18H,2-4,9H2,1H3. The molecule has 1 aromatic heterocycles. The molecule has 1 N–H and O–H groups in total. The maximum atomic E-state index is 5.28. The van der Waals surface area contributed by atoms with Crippen molar-refractivity contribution in [1.82, 2.24) is 4.98 Å². The summed E-state index contributed by atoms with van der Waals surface area (Å²) in [6.45, 7) is 2.27. The number of anilines is 1. The van der Waals surface area contributed by atoms with Gasteiger partial charge in [-0.2, -0.15) is 0 Å². The van der Waals surface area contributed by atoms with Gasteiger partial charge in [-0.05, 0) is 43.5 Å². The van der Waals surface area contributed by atoms with Crippen molar-refractivity contribution >= 4 is 5.69 Å². The number of hydrogen-bond donors (Lipinski definition) is 1. The van der Waals surface area contributed by atoms with Crippen molar-refractivity contribution in [1.29, 1.82) is 0 Å². The van der Waals surface area contributed by atoms with E-state index in [4.69, 9.17) is 4.42 Å². The highest BCUT2D eigenvalue weighted by molar-refractivity contribution is 5.60. The van der Waals surface area contributed by atoms with Gasteiger partial charge in [0, 0.05) is 17.3 Å². The molecule has 1 aliphatic carbocycles. The Morgan fingerprint density at radius 3 is 2.68 bits per heavy atom. The zero-order chi connectivity index (χ0) is 13.1. The third-order valence-corrected chi connectivity index (χ3v) is 3.93. The topological polar surface area (TPSA) is 38.1 Å². The fraction of sp³-hybridized carbons (Fsp3) is 0.438. The molecule has 0 bridgehead atoms. The second kappa shape index (κ2) is 5.47. The number of hydrogen-bond acceptors (Lipinski definition) is 3. The van der Waals surface area contributed by atoms with Gasteiger partial charge in [0.05, 0.1) is 6.20 Å². The van der Waals surface area contributed by atoms with E-state index < -0.39 is 0 Å². The molecule has 0 amide bonds. The minimum Gasteiger partial charge on any atom is -0.444 e. The first-order valence-corrected chi connectivity index (χ1v) is 7.07. The minimum atomic E-state index is 0.543. The molecule has 0 spiro atoms. The fourth-order valence-electron chi connectivity index (χ4n) is 2.66. The van der Waals surface area contributed by atoms with Gasteiger partial charge in [0.2, 0.25) is 0 Å². The average Bonchev–Trinajstić information content (AvgIpc) is 2.89. The van der Waals surface area contributed by atoms with Crippen LogP contribution in [0.5, 0.6) is 0 Å². The van der Waals surface area contributed by atoms with Gasteiger partial charge in [0.15, 0.2) is 12.2 Å². The molecule has 3 rings (SSSR count). The lowest BCUT2D eigenvalue weighted by Gasteiger charge is -2.28. The van der Waals surface area contributed by atoms with E-state index >= 15 is 0 Å². The fourth-order valence-corrected chi connectivity index (χ4v) is 2.66. The van der Waals surface area contributed by atoms with E-state index in [1.165, 1.54) is 37.8 Å². The maximum Gasteiger partial charge on any atom is 0.181 e. The lowest BCUT2D eigenvalue weighted by molar-refractivity contribution is 0.286. The number of nitrogens with one attached hydrogen (secondary N) is 1. The van der Waals surface area contributed by atoms with Crippen LogP contribution in [0.3, 0.4) is 0 Å². The van der Waals surface area contributed by atoms with Crippen molar-refractivity contribution in [3.8, 4) is 11.3 Å². The van der Waals surface area contributed by atoms with E-state index in [0.717, 1.165) is 17.2 Å². The van der Waals surface area contributed by atoms with Crippen LogP contribution in [0, 0.1) is 5.92 Å². The molecular formula is C16H20N2O. The van der Waals surface area contributed by atoms with E-state index in [2.05, 4.69) is 41.5 Å². The molecule has 100 valence electrons. The lowest BCUT2D eigenvalue weighted by Crippen LogP contribution is -2.23. The Hall–Kier alpha value is -1.77. The van der Waals surface area contributed by atoms with Crippen LogP contribution in [0.1, 0.15) is 32.6 Å². The Morgan fingerprint density at radius 1 is 1.32 bits per heavy atom. The van der Waals surface area contributed by atoms with Crippen LogP contribution >= 0.6 is 0 Å². The summed E-state index contributed by atoms with van der Waals surface area (Å²) < 4.78 is 5.28. The SMILES string of the molecule is CC(CC1CCC1)Nc1ccc(-c2cnco2)cc1. The summed E-state index contributed by atoms with van der Waals surface area (Å²) in [6.07, 6.45) is 8.73. The van der Waals surface area contributed by atoms with Gasteiger partial charge in [-0.1, -0.05) is 19.3 Å². The molecule has 1 heterocycles. The molecule has 3 nitrogen and oxygen atoms in total. The van der Waals surface area contributed by atoms with Crippen molar-refractivity contribution in [2.24, 2.45) is 5.92 Å². The van der Waals surface area contributed by atoms with E-state index in [0.29, 0.717) is 6.04 Å². The van der Waals surface area contributed by atoms with Crippen LogP contribution in [0.15, 0.2) is 41.3 Å². The monoisotopic (exact) mass is 256 g/mol. The highest BCUT2D eigenvalue weighted by Gasteiger charge is 2.19. The van der Waals surface area contributed by atoms with Gasteiger partial charge in [0.25, 0.3) is 0 Å². The molecule has 1 unspecified atom stereocenters. The smallest absolute Gasteiger partial charge is 0.181 e. The van der Waals surface area contributed by atoms with Crippen molar-refractivity contribution in [3.63, 3.8) is 0 Å². The Kier molecular flexibility index (Phi) is 3.53. The van der Waals surface area contributed by atoms with Crippen molar-refractivity contribution < 1.29 is 4.42 Å². The van der Waals surface area contributed by atoms with Crippen LogP contribution in [0.25, 0.3) is 11.3 Å². The van der Waals surface area contributed by atoms with Crippen LogP contribution in [0.2, 0.25) is 0 Å². The summed E-state index contributed by atoms with van der Waals surface area (Å²) in [4.78, 5) is 3.94. The summed E-state index contributed by atoms with van der Waals surface area (Å²) in [6, 6.07) is 8.89. The minimum absolute atomic E-state index is 0.543. The molecule has 1 fully saturated rings. The van der Waals surface area contributed by atoms with Crippen LogP contribution in [0.4, 0.5) is 5.69 Å². The van der Waals surface area contributed by atoms with Gasteiger partial charge >= 0.3 is 0 Å². The predicted octanol–water partition coefficient (Wildman–Crippen LogP) is 4.33. The highest BCUT2D eigenvalue weighted by atomic mass is 16.3. The summed E-state index contributed by atoms with van der Waals surface area (Å²) >= 11 is 0. The molecule has 1 aliphatic rings. The zero-order valence-corrected chi connectivity index (χ0v) is 11.3. The summed E-state index contributed by atoms with van der Waals surface area (Å²) in [5.74, 6) is 1.75. The van der Waals surface area contributed by atoms with Crippen molar-refractivity contribution in [3.05, 3.63) is 36.9 Å². The Balaban J connectivity index is 1.59. The first kappa shape index (κ1) is 12.3. The van der Waals surface area contributed by atoms with Crippen LogP contribution in [-0.4, -0.2) is 11.0 Å². The predicted molar refractivity (Wildman–Crippen MR) is 77.0 cm³/mol. The third-order valence-electron chi connectivity index (χ3n) is 3.93. The molecule has 1 atom stereocenters. The zero-order valence-electron chi connectivity index (χ0n) is 11.3. The number of aromatic nitrogens is 1. The molecular weight excluding hydrogens is 236 g/mol. The van der Waals surface area contributed by atoms with E-state index in [1.54, 1.807) is 6.20 Å². The molecule has 3 heteroatoms. The van der Waals surface area contributed by atoms with Crippen LogP contribution in [-0.2, 0) is 0 Å². The molecule has 1 saturated carbocycles. The number of rotatable bonds is 5. The van der Waals surface area contributed by atoms with Gasteiger partial charge in [-0.25, -0.2) is 4.98 Å². The largest absolute Gasteiger partial charge is 0.444 e.